The van der Waals surface area contributed by atoms with Gasteiger partial charge in [0.15, 0.2) is 0 Å². The Balaban J connectivity index is 2.49. The van der Waals surface area contributed by atoms with E-state index in [1.807, 2.05) is 18.2 Å². The van der Waals surface area contributed by atoms with Gasteiger partial charge in [0.2, 0.25) is 0 Å². The summed E-state index contributed by atoms with van der Waals surface area (Å²) in [6, 6.07) is 12.1. The Kier molecular flexibility index (Phi) is 5.00. The highest BCUT2D eigenvalue weighted by atomic mass is 79.9. The lowest BCUT2D eigenvalue weighted by Crippen LogP contribution is -2.12. The first-order valence-electron chi connectivity index (χ1n) is 6.95. The molecular weight excluding hydrogens is 348 g/mol. The van der Waals surface area contributed by atoms with Gasteiger partial charge in [-0.25, -0.2) is 0 Å². The molecular formula is C18H20BrClO. The lowest BCUT2D eigenvalue weighted by molar-refractivity contribution is 0.452. The normalized spacial score (nSPS) is 11.5. The molecule has 0 fully saturated rings. The molecule has 0 bridgehead atoms. The molecule has 0 heterocycles. The van der Waals surface area contributed by atoms with Crippen molar-refractivity contribution in [3.63, 3.8) is 0 Å². The van der Waals surface area contributed by atoms with E-state index in [1.54, 1.807) is 0 Å². The number of aryl methyl sites for hydroxylation is 1. The minimum Gasteiger partial charge on any atom is -0.457 e. The van der Waals surface area contributed by atoms with Crippen molar-refractivity contribution in [2.24, 2.45) is 0 Å². The van der Waals surface area contributed by atoms with Gasteiger partial charge in [0.25, 0.3) is 0 Å². The first-order chi connectivity index (χ1) is 9.82. The Morgan fingerprint density at radius 1 is 1.10 bits per heavy atom. The predicted octanol–water partition coefficient (Wildman–Crippen LogP) is 6.63. The summed E-state index contributed by atoms with van der Waals surface area (Å²) in [7, 11) is 0. The molecule has 2 rings (SSSR count). The van der Waals surface area contributed by atoms with Crippen LogP contribution in [0.25, 0.3) is 0 Å². The van der Waals surface area contributed by atoms with Crippen molar-refractivity contribution < 1.29 is 4.74 Å². The molecule has 0 spiro atoms. The molecule has 112 valence electrons. The van der Waals surface area contributed by atoms with Crippen molar-refractivity contribution in [2.45, 2.75) is 38.4 Å². The zero-order valence-corrected chi connectivity index (χ0v) is 15.2. The smallest absolute Gasteiger partial charge is 0.132 e. The maximum Gasteiger partial charge on any atom is 0.132 e. The second-order valence-corrected chi connectivity index (χ2v) is 7.17. The third-order valence-electron chi connectivity index (χ3n) is 3.37. The van der Waals surface area contributed by atoms with Gasteiger partial charge in [-0.05, 0) is 36.1 Å². The van der Waals surface area contributed by atoms with E-state index in [9.17, 15) is 0 Å². The average Bonchev–Trinajstić information content (AvgIpc) is 2.37. The van der Waals surface area contributed by atoms with E-state index in [0.717, 1.165) is 17.1 Å². The number of halogens is 2. The Hall–Kier alpha value is -0.990. The third-order valence-corrected chi connectivity index (χ3v) is 4.29. The first-order valence-corrected chi connectivity index (χ1v) is 8.45. The van der Waals surface area contributed by atoms with E-state index in [1.165, 1.54) is 11.1 Å². The van der Waals surface area contributed by atoms with Crippen LogP contribution in [0.1, 0.15) is 37.5 Å². The fraction of sp³-hybridized carbons (Fsp3) is 0.333. The summed E-state index contributed by atoms with van der Waals surface area (Å²) in [5.74, 6) is 1.70. The third kappa shape index (κ3) is 3.81. The summed E-state index contributed by atoms with van der Waals surface area (Å²) in [6.45, 7) is 8.64. The highest BCUT2D eigenvalue weighted by Gasteiger charge is 2.20. The monoisotopic (exact) mass is 366 g/mol. The molecule has 0 saturated heterocycles. The molecule has 0 aliphatic carbocycles. The van der Waals surface area contributed by atoms with E-state index < -0.39 is 0 Å². The van der Waals surface area contributed by atoms with Gasteiger partial charge in [0.1, 0.15) is 11.5 Å². The molecule has 1 nitrogen and oxygen atoms in total. The molecule has 0 saturated carbocycles. The molecule has 0 radical (unpaired) electrons. The molecule has 0 amide bonds. The number of benzene rings is 2. The van der Waals surface area contributed by atoms with Gasteiger partial charge < -0.3 is 4.74 Å². The highest BCUT2D eigenvalue weighted by Crippen LogP contribution is 2.37. The minimum atomic E-state index is 0.0240. The Bertz CT molecular complexity index is 644. The van der Waals surface area contributed by atoms with Crippen LogP contribution in [0.3, 0.4) is 0 Å². The van der Waals surface area contributed by atoms with E-state index in [4.69, 9.17) is 16.3 Å². The van der Waals surface area contributed by atoms with Crippen LogP contribution in [-0.4, -0.2) is 0 Å². The van der Waals surface area contributed by atoms with Crippen LogP contribution in [0.4, 0.5) is 0 Å². The van der Waals surface area contributed by atoms with Gasteiger partial charge in [-0.3, -0.25) is 0 Å². The van der Waals surface area contributed by atoms with Gasteiger partial charge in [-0.15, -0.1) is 0 Å². The number of alkyl halides is 1. The van der Waals surface area contributed by atoms with Crippen molar-refractivity contribution in [1.29, 1.82) is 0 Å². The molecule has 3 heteroatoms. The van der Waals surface area contributed by atoms with Crippen LogP contribution in [0, 0.1) is 6.92 Å². The van der Waals surface area contributed by atoms with E-state index >= 15 is 0 Å². The largest absolute Gasteiger partial charge is 0.457 e. The molecule has 2 aromatic carbocycles. The minimum absolute atomic E-state index is 0.0240. The zero-order chi connectivity index (χ0) is 15.6. The maximum atomic E-state index is 6.25. The number of hydrogen-bond donors (Lipinski definition) is 0. The highest BCUT2D eigenvalue weighted by molar-refractivity contribution is 9.08. The van der Waals surface area contributed by atoms with Gasteiger partial charge >= 0.3 is 0 Å². The molecule has 0 aromatic heterocycles. The Morgan fingerprint density at radius 2 is 1.81 bits per heavy atom. The fourth-order valence-electron chi connectivity index (χ4n) is 2.22. The first kappa shape index (κ1) is 16.4. The standard InChI is InChI=1S/C18H20BrClO/c1-12-8-9-14(18(2,3)4)17(10-12)21-16-7-5-6-15(20)13(16)11-19/h5-10H,11H2,1-4H3. The van der Waals surface area contributed by atoms with Crippen molar-refractivity contribution in [3.8, 4) is 11.5 Å². The molecule has 0 unspecified atom stereocenters. The molecule has 0 aliphatic rings. The second-order valence-electron chi connectivity index (χ2n) is 6.20. The lowest BCUT2D eigenvalue weighted by Gasteiger charge is -2.23. The number of hydrogen-bond acceptors (Lipinski definition) is 1. The second kappa shape index (κ2) is 6.41. The Labute approximate surface area is 140 Å². The molecule has 0 N–H and O–H groups in total. The summed E-state index contributed by atoms with van der Waals surface area (Å²) in [4.78, 5) is 0. The number of ether oxygens (including phenoxy) is 1. The maximum absolute atomic E-state index is 6.25. The fourth-order valence-corrected chi connectivity index (χ4v) is 3.19. The van der Waals surface area contributed by atoms with E-state index in [2.05, 4.69) is 61.8 Å². The van der Waals surface area contributed by atoms with Crippen LogP contribution in [0.2, 0.25) is 5.02 Å². The van der Waals surface area contributed by atoms with Crippen LogP contribution < -0.4 is 4.74 Å². The van der Waals surface area contributed by atoms with Crippen LogP contribution in [-0.2, 0) is 10.7 Å². The summed E-state index contributed by atoms with van der Waals surface area (Å²) in [5.41, 5.74) is 3.37. The SMILES string of the molecule is Cc1ccc(C(C)(C)C)c(Oc2cccc(Cl)c2CBr)c1. The molecule has 0 atom stereocenters. The number of rotatable bonds is 3. The summed E-state index contributed by atoms with van der Waals surface area (Å²) < 4.78 is 6.21. The van der Waals surface area contributed by atoms with Gasteiger partial charge in [0, 0.05) is 21.5 Å². The summed E-state index contributed by atoms with van der Waals surface area (Å²) in [6.07, 6.45) is 0. The zero-order valence-electron chi connectivity index (χ0n) is 12.8. The van der Waals surface area contributed by atoms with Crippen molar-refractivity contribution in [3.05, 3.63) is 58.1 Å². The summed E-state index contributed by atoms with van der Waals surface area (Å²) >= 11 is 9.73. The van der Waals surface area contributed by atoms with Crippen LogP contribution in [0.5, 0.6) is 11.5 Å². The van der Waals surface area contributed by atoms with Crippen molar-refractivity contribution in [2.75, 3.05) is 0 Å². The topological polar surface area (TPSA) is 9.23 Å². The van der Waals surface area contributed by atoms with Crippen molar-refractivity contribution >= 4 is 27.5 Å². The van der Waals surface area contributed by atoms with Crippen molar-refractivity contribution in [1.82, 2.24) is 0 Å². The average molecular weight is 368 g/mol. The summed E-state index contributed by atoms with van der Waals surface area (Å²) in [5, 5.41) is 1.38. The van der Waals surface area contributed by atoms with E-state index in [-0.39, 0.29) is 5.41 Å². The lowest BCUT2D eigenvalue weighted by atomic mass is 9.86. The quantitative estimate of drug-likeness (QED) is 0.553. The van der Waals surface area contributed by atoms with Gasteiger partial charge in [-0.1, -0.05) is 66.5 Å². The van der Waals surface area contributed by atoms with E-state index in [0.29, 0.717) is 10.4 Å². The van der Waals surface area contributed by atoms with Gasteiger partial charge in [-0.2, -0.15) is 0 Å². The molecule has 2 aromatic rings. The molecule has 0 aliphatic heterocycles. The Morgan fingerprint density at radius 3 is 2.43 bits per heavy atom. The molecule has 21 heavy (non-hydrogen) atoms. The van der Waals surface area contributed by atoms with Gasteiger partial charge in [0.05, 0.1) is 0 Å². The van der Waals surface area contributed by atoms with Crippen LogP contribution >= 0.6 is 27.5 Å². The predicted molar refractivity (Wildman–Crippen MR) is 94.0 cm³/mol. The van der Waals surface area contributed by atoms with Crippen LogP contribution in [0.15, 0.2) is 36.4 Å².